The van der Waals surface area contributed by atoms with Crippen LogP contribution >= 0.6 is 11.8 Å². The summed E-state index contributed by atoms with van der Waals surface area (Å²) in [4.78, 5) is 37.5. The van der Waals surface area contributed by atoms with Crippen molar-refractivity contribution in [1.29, 1.82) is 0 Å². The number of halogens is 3. The first-order chi connectivity index (χ1) is 15.6. The van der Waals surface area contributed by atoms with E-state index in [-0.39, 0.29) is 40.6 Å². The second-order valence-electron chi connectivity index (χ2n) is 8.12. The second-order valence-corrected chi connectivity index (χ2v) is 9.10. The minimum Gasteiger partial charge on any atom is -0.549 e. The van der Waals surface area contributed by atoms with Crippen LogP contribution < -0.4 is 15.4 Å². The molecule has 1 aromatic heterocycles. The highest BCUT2D eigenvalue weighted by atomic mass is 32.2. The molecule has 0 saturated carbocycles. The summed E-state index contributed by atoms with van der Waals surface area (Å²) in [5.41, 5.74) is 1.95. The maximum atomic E-state index is 12.6. The van der Waals surface area contributed by atoms with Crippen LogP contribution in [0, 0.1) is 5.92 Å². The fourth-order valence-corrected chi connectivity index (χ4v) is 5.24. The van der Waals surface area contributed by atoms with Crippen LogP contribution in [0.3, 0.4) is 0 Å². The van der Waals surface area contributed by atoms with Crippen molar-refractivity contribution >= 4 is 23.6 Å². The molecule has 0 N–H and O–H groups in total. The molecule has 2 atom stereocenters. The molecule has 2 aliphatic rings. The topological polar surface area (TPSA) is 91.7 Å². The molecular formula is C22H20F3N2O5S-. The van der Waals surface area contributed by atoms with Crippen molar-refractivity contribution in [3.63, 3.8) is 0 Å². The number of fused-ring (bicyclic) bond motifs is 4. The number of aromatic nitrogens is 1. The Morgan fingerprint density at radius 3 is 2.45 bits per heavy atom. The minimum atomic E-state index is -4.78. The number of thioether (sulfide) groups is 1. The number of nitrogens with zero attached hydrogens (tertiary/aromatic N) is 2. The highest BCUT2D eigenvalue weighted by molar-refractivity contribution is 8.00. The first kappa shape index (κ1) is 23.2. The van der Waals surface area contributed by atoms with Gasteiger partial charge in [0.15, 0.2) is 0 Å². The van der Waals surface area contributed by atoms with Crippen LogP contribution in [0.2, 0.25) is 0 Å². The van der Waals surface area contributed by atoms with Crippen molar-refractivity contribution in [3.8, 4) is 16.9 Å². The molecular weight excluding hydrogens is 461 g/mol. The fraction of sp³-hybridized carbons (Fsp3) is 0.409. The number of pyridine rings is 1. The fourth-order valence-electron chi connectivity index (χ4n) is 4.61. The molecule has 4 rings (SSSR count). The molecule has 2 bridgehead atoms. The van der Waals surface area contributed by atoms with Gasteiger partial charge in [0.05, 0.1) is 11.7 Å². The van der Waals surface area contributed by atoms with Gasteiger partial charge < -0.3 is 24.1 Å². The number of benzene rings is 1. The van der Waals surface area contributed by atoms with Crippen molar-refractivity contribution in [2.45, 2.75) is 25.2 Å². The van der Waals surface area contributed by atoms with Gasteiger partial charge in [-0.3, -0.25) is 9.59 Å². The third-order valence-electron chi connectivity index (χ3n) is 5.79. The number of carbonyl (C=O) groups is 2. The Morgan fingerprint density at radius 2 is 1.79 bits per heavy atom. The molecule has 0 unspecified atom stereocenters. The zero-order chi connectivity index (χ0) is 23.8. The monoisotopic (exact) mass is 481 g/mol. The highest BCUT2D eigenvalue weighted by Gasteiger charge is 2.38. The summed E-state index contributed by atoms with van der Waals surface area (Å²) in [5, 5.41) is 10.6. The number of rotatable bonds is 6. The van der Waals surface area contributed by atoms with E-state index in [2.05, 4.69) is 4.74 Å². The summed E-state index contributed by atoms with van der Waals surface area (Å²) < 4.78 is 43.0. The van der Waals surface area contributed by atoms with Gasteiger partial charge in [0.2, 0.25) is 5.91 Å². The number of carbonyl (C=O) groups excluding carboxylic acids is 2. The number of hydrogen-bond acceptors (Lipinski definition) is 6. The maximum Gasteiger partial charge on any atom is 0.573 e. The Kier molecular flexibility index (Phi) is 6.42. The SMILES string of the molecule is O=C([O-])CSCC(=O)N1C[C@@H]2C[C@H](C1)c1c(-c3ccc(OC(F)(F)F)cc3)ccc(=O)n1C2. The van der Waals surface area contributed by atoms with Gasteiger partial charge >= 0.3 is 6.36 Å². The van der Waals surface area contributed by atoms with Gasteiger partial charge in [0.1, 0.15) is 5.75 Å². The van der Waals surface area contributed by atoms with Crippen LogP contribution in [0.5, 0.6) is 5.75 Å². The van der Waals surface area contributed by atoms with E-state index in [0.717, 1.165) is 29.4 Å². The minimum absolute atomic E-state index is 0.0303. The molecule has 0 aliphatic carbocycles. The van der Waals surface area contributed by atoms with Gasteiger partial charge in [-0.1, -0.05) is 12.1 Å². The molecule has 0 radical (unpaired) electrons. The number of piperidine rings is 1. The molecule has 7 nitrogen and oxygen atoms in total. The molecule has 1 aromatic carbocycles. The molecule has 2 aliphatic heterocycles. The second kappa shape index (κ2) is 9.12. The van der Waals surface area contributed by atoms with Crippen molar-refractivity contribution in [1.82, 2.24) is 9.47 Å². The first-order valence-electron chi connectivity index (χ1n) is 10.3. The van der Waals surface area contributed by atoms with E-state index < -0.39 is 12.3 Å². The predicted molar refractivity (Wildman–Crippen MR) is 113 cm³/mol. The normalized spacial score (nSPS) is 19.7. The van der Waals surface area contributed by atoms with E-state index in [0.29, 0.717) is 25.2 Å². The molecule has 1 amide bonds. The van der Waals surface area contributed by atoms with Gasteiger partial charge in [0, 0.05) is 48.6 Å². The molecule has 0 spiro atoms. The zero-order valence-corrected chi connectivity index (χ0v) is 18.2. The van der Waals surface area contributed by atoms with E-state index in [4.69, 9.17) is 0 Å². The summed E-state index contributed by atoms with van der Waals surface area (Å²) in [6, 6.07) is 8.57. The Labute approximate surface area is 191 Å². The van der Waals surface area contributed by atoms with Crippen LogP contribution in [0.25, 0.3) is 11.1 Å². The third-order valence-corrected chi connectivity index (χ3v) is 6.68. The third kappa shape index (κ3) is 5.35. The molecule has 1 fully saturated rings. The highest BCUT2D eigenvalue weighted by Crippen LogP contribution is 2.40. The lowest BCUT2D eigenvalue weighted by Crippen LogP contribution is -2.49. The lowest BCUT2D eigenvalue weighted by Gasteiger charge is -2.43. The number of carboxylic acid groups (broad SMARTS) is 1. The number of aliphatic carboxylic acids is 1. The first-order valence-corrected chi connectivity index (χ1v) is 11.4. The van der Waals surface area contributed by atoms with E-state index in [1.807, 2.05) is 0 Å². The number of alkyl halides is 3. The van der Waals surface area contributed by atoms with Crippen LogP contribution in [-0.4, -0.2) is 52.3 Å². The van der Waals surface area contributed by atoms with Gasteiger partial charge in [-0.05, 0) is 36.1 Å². The van der Waals surface area contributed by atoms with Crippen molar-refractivity contribution in [2.24, 2.45) is 5.92 Å². The van der Waals surface area contributed by atoms with Crippen LogP contribution in [0.1, 0.15) is 18.0 Å². The van der Waals surface area contributed by atoms with Gasteiger partial charge in [-0.25, -0.2) is 0 Å². The number of ether oxygens (including phenoxy) is 1. The number of carboxylic acids is 1. The van der Waals surface area contributed by atoms with E-state index in [1.54, 1.807) is 15.5 Å². The zero-order valence-electron chi connectivity index (χ0n) is 17.3. The van der Waals surface area contributed by atoms with E-state index in [1.165, 1.54) is 30.3 Å². The standard InChI is InChI=1S/C22H21F3N2O5S/c23-22(24,25)32-16-3-1-14(2-4-16)17-5-6-18(28)27-9-13-7-15(21(17)27)10-26(8-13)19(29)11-33-12-20(30)31/h1-6,13,15H,7-12H2,(H,30,31)/p-1/t13-,15+/m0/s1. The molecule has 2 aromatic rings. The predicted octanol–water partition coefficient (Wildman–Crippen LogP) is 1.84. The summed E-state index contributed by atoms with van der Waals surface area (Å²) in [5.74, 6) is -2.00. The largest absolute Gasteiger partial charge is 0.573 e. The Bertz CT molecular complexity index is 1120. The molecule has 33 heavy (non-hydrogen) atoms. The average molecular weight is 481 g/mol. The molecule has 3 heterocycles. The Hall–Kier alpha value is -2.95. The Balaban J connectivity index is 1.60. The Morgan fingerprint density at radius 1 is 1.06 bits per heavy atom. The van der Waals surface area contributed by atoms with E-state index in [9.17, 15) is 32.7 Å². The molecule has 1 saturated heterocycles. The van der Waals surface area contributed by atoms with Gasteiger partial charge in [0.25, 0.3) is 5.56 Å². The van der Waals surface area contributed by atoms with Crippen molar-refractivity contribution in [3.05, 3.63) is 52.4 Å². The van der Waals surface area contributed by atoms with E-state index >= 15 is 0 Å². The van der Waals surface area contributed by atoms with Gasteiger partial charge in [-0.15, -0.1) is 24.9 Å². The lowest BCUT2D eigenvalue weighted by atomic mass is 9.80. The van der Waals surface area contributed by atoms with Crippen LogP contribution in [-0.2, 0) is 16.1 Å². The number of hydrogen-bond donors (Lipinski definition) is 0. The van der Waals surface area contributed by atoms with Crippen molar-refractivity contribution < 1.29 is 32.6 Å². The lowest BCUT2D eigenvalue weighted by molar-refractivity contribution is -0.301. The van der Waals surface area contributed by atoms with Gasteiger partial charge in [-0.2, -0.15) is 0 Å². The van der Waals surface area contributed by atoms with Crippen LogP contribution in [0.4, 0.5) is 13.2 Å². The smallest absolute Gasteiger partial charge is 0.549 e. The average Bonchev–Trinajstić information content (AvgIpc) is 2.73. The summed E-state index contributed by atoms with van der Waals surface area (Å²) in [7, 11) is 0. The van der Waals surface area contributed by atoms with Crippen molar-refractivity contribution in [2.75, 3.05) is 24.6 Å². The van der Waals surface area contributed by atoms with Crippen LogP contribution in [0.15, 0.2) is 41.2 Å². The quantitative estimate of drug-likeness (QED) is 0.626. The number of amides is 1. The summed E-state index contributed by atoms with van der Waals surface area (Å²) in [6.45, 7) is 1.30. The maximum absolute atomic E-state index is 12.6. The molecule has 176 valence electrons. The summed E-state index contributed by atoms with van der Waals surface area (Å²) in [6.07, 6.45) is -4.01. The summed E-state index contributed by atoms with van der Waals surface area (Å²) >= 11 is 0.984. The molecule has 11 heteroatoms. The number of likely N-dealkylation sites (tertiary alicyclic amines) is 1.